The molecule has 0 saturated heterocycles. The molecule has 0 bridgehead atoms. The number of nitrogens with one attached hydrogen (secondary N) is 2. The monoisotopic (exact) mass is 220 g/mol. The van der Waals surface area contributed by atoms with Crippen LogP contribution >= 0.6 is 0 Å². The highest BCUT2D eigenvalue weighted by molar-refractivity contribution is 5.97. The predicted molar refractivity (Wildman–Crippen MR) is 61.9 cm³/mol. The van der Waals surface area contributed by atoms with Gasteiger partial charge in [0.15, 0.2) is 0 Å². The van der Waals surface area contributed by atoms with E-state index in [4.69, 9.17) is 4.74 Å². The summed E-state index contributed by atoms with van der Waals surface area (Å²) in [4.78, 5) is 11.9. The summed E-state index contributed by atoms with van der Waals surface area (Å²) in [5, 5.41) is 5.83. The molecular formula is C12H16N2O2. The van der Waals surface area contributed by atoms with Gasteiger partial charge in [0.2, 0.25) is 0 Å². The minimum atomic E-state index is -0.0611. The number of para-hydroxylation sites is 1. The molecule has 1 aliphatic rings. The normalized spacial score (nSPS) is 13.1. The van der Waals surface area contributed by atoms with Gasteiger partial charge in [0, 0.05) is 19.5 Å². The lowest BCUT2D eigenvalue weighted by molar-refractivity contribution is 0.0951. The number of rotatable bonds is 4. The van der Waals surface area contributed by atoms with Crippen molar-refractivity contribution in [2.75, 3.05) is 26.7 Å². The molecule has 4 heteroatoms. The van der Waals surface area contributed by atoms with Crippen LogP contribution in [-0.2, 0) is 6.42 Å². The van der Waals surface area contributed by atoms with Gasteiger partial charge in [-0.3, -0.25) is 4.79 Å². The Labute approximate surface area is 95.0 Å². The summed E-state index contributed by atoms with van der Waals surface area (Å²) in [6, 6.07) is 5.71. The summed E-state index contributed by atoms with van der Waals surface area (Å²) in [5.74, 6) is 0.693. The average Bonchev–Trinajstić information content (AvgIpc) is 2.76. The molecule has 1 aromatic rings. The molecule has 1 aliphatic heterocycles. The van der Waals surface area contributed by atoms with Gasteiger partial charge in [-0.1, -0.05) is 12.1 Å². The van der Waals surface area contributed by atoms with E-state index in [9.17, 15) is 4.79 Å². The van der Waals surface area contributed by atoms with Crippen LogP contribution in [0.2, 0.25) is 0 Å². The van der Waals surface area contributed by atoms with Crippen molar-refractivity contribution in [3.63, 3.8) is 0 Å². The molecule has 16 heavy (non-hydrogen) atoms. The number of ether oxygens (including phenoxy) is 1. The van der Waals surface area contributed by atoms with Crippen molar-refractivity contribution < 1.29 is 9.53 Å². The molecule has 0 atom stereocenters. The van der Waals surface area contributed by atoms with Gasteiger partial charge in [-0.05, 0) is 18.7 Å². The molecule has 2 rings (SSSR count). The fraction of sp³-hybridized carbons (Fsp3) is 0.417. The first kappa shape index (κ1) is 11.0. The van der Waals surface area contributed by atoms with Gasteiger partial charge in [-0.15, -0.1) is 0 Å². The maximum atomic E-state index is 11.9. The van der Waals surface area contributed by atoms with Crippen LogP contribution in [0, 0.1) is 0 Å². The molecule has 0 fully saturated rings. The Morgan fingerprint density at radius 1 is 1.44 bits per heavy atom. The highest BCUT2D eigenvalue weighted by Gasteiger charge is 2.19. The highest BCUT2D eigenvalue weighted by Crippen LogP contribution is 2.29. The zero-order valence-electron chi connectivity index (χ0n) is 9.38. The van der Waals surface area contributed by atoms with E-state index in [0.29, 0.717) is 18.7 Å². The lowest BCUT2D eigenvalue weighted by atomic mass is 10.1. The van der Waals surface area contributed by atoms with Crippen molar-refractivity contribution in [3.05, 3.63) is 29.3 Å². The zero-order chi connectivity index (χ0) is 11.4. The SMILES string of the molecule is CNCCNC(=O)c1cccc2c1OCC2. The van der Waals surface area contributed by atoms with E-state index in [1.807, 2.05) is 19.2 Å². The fourth-order valence-electron chi connectivity index (χ4n) is 1.79. The summed E-state index contributed by atoms with van der Waals surface area (Å²) in [7, 11) is 1.86. The predicted octanol–water partition coefficient (Wildman–Crippen LogP) is 0.571. The quantitative estimate of drug-likeness (QED) is 0.729. The third-order valence-electron chi connectivity index (χ3n) is 2.62. The zero-order valence-corrected chi connectivity index (χ0v) is 9.38. The molecule has 0 radical (unpaired) electrons. The molecule has 0 unspecified atom stereocenters. The molecule has 0 aliphatic carbocycles. The Kier molecular flexibility index (Phi) is 3.41. The van der Waals surface area contributed by atoms with E-state index in [-0.39, 0.29) is 5.91 Å². The Hall–Kier alpha value is -1.55. The van der Waals surface area contributed by atoms with Crippen molar-refractivity contribution in [1.29, 1.82) is 0 Å². The largest absolute Gasteiger partial charge is 0.492 e. The molecule has 2 N–H and O–H groups in total. The lowest BCUT2D eigenvalue weighted by Gasteiger charge is -2.08. The molecule has 1 heterocycles. The van der Waals surface area contributed by atoms with Gasteiger partial charge < -0.3 is 15.4 Å². The van der Waals surface area contributed by atoms with Crippen molar-refractivity contribution in [2.45, 2.75) is 6.42 Å². The number of hydrogen-bond acceptors (Lipinski definition) is 3. The lowest BCUT2D eigenvalue weighted by Crippen LogP contribution is -2.30. The van der Waals surface area contributed by atoms with Crippen LogP contribution in [0.3, 0.4) is 0 Å². The molecule has 4 nitrogen and oxygen atoms in total. The standard InChI is InChI=1S/C12H16N2O2/c1-13-6-7-14-12(15)10-4-2-3-9-5-8-16-11(9)10/h2-4,13H,5-8H2,1H3,(H,14,15). The summed E-state index contributed by atoms with van der Waals surface area (Å²) < 4.78 is 5.48. The third-order valence-corrected chi connectivity index (χ3v) is 2.62. The first-order chi connectivity index (χ1) is 7.83. The number of likely N-dealkylation sites (N-methyl/N-ethyl adjacent to an activating group) is 1. The fourth-order valence-corrected chi connectivity index (χ4v) is 1.79. The van der Waals surface area contributed by atoms with Crippen molar-refractivity contribution in [2.24, 2.45) is 0 Å². The van der Waals surface area contributed by atoms with Crippen molar-refractivity contribution in [3.8, 4) is 5.75 Å². The number of carbonyl (C=O) groups is 1. The Balaban J connectivity index is 2.09. The third kappa shape index (κ3) is 2.17. The molecule has 0 spiro atoms. The van der Waals surface area contributed by atoms with E-state index < -0.39 is 0 Å². The minimum Gasteiger partial charge on any atom is -0.492 e. The van der Waals surface area contributed by atoms with Crippen LogP contribution in [0.1, 0.15) is 15.9 Å². The van der Waals surface area contributed by atoms with Crippen LogP contribution in [0.25, 0.3) is 0 Å². The van der Waals surface area contributed by atoms with Gasteiger partial charge in [-0.25, -0.2) is 0 Å². The maximum Gasteiger partial charge on any atom is 0.255 e. The summed E-state index contributed by atoms with van der Waals surface area (Å²) in [5.41, 5.74) is 1.77. The van der Waals surface area contributed by atoms with Gasteiger partial charge in [-0.2, -0.15) is 0 Å². The smallest absolute Gasteiger partial charge is 0.255 e. The van der Waals surface area contributed by atoms with Crippen molar-refractivity contribution >= 4 is 5.91 Å². The van der Waals surface area contributed by atoms with E-state index >= 15 is 0 Å². The second-order valence-corrected chi connectivity index (χ2v) is 3.75. The van der Waals surface area contributed by atoms with Crippen LogP contribution < -0.4 is 15.4 Å². The van der Waals surface area contributed by atoms with Gasteiger partial charge >= 0.3 is 0 Å². The molecule has 0 aromatic heterocycles. The van der Waals surface area contributed by atoms with E-state index in [0.717, 1.165) is 24.3 Å². The number of benzene rings is 1. The van der Waals surface area contributed by atoms with E-state index in [1.54, 1.807) is 6.07 Å². The highest BCUT2D eigenvalue weighted by atomic mass is 16.5. The van der Waals surface area contributed by atoms with Gasteiger partial charge in [0.05, 0.1) is 12.2 Å². The Morgan fingerprint density at radius 3 is 3.12 bits per heavy atom. The number of fused-ring (bicyclic) bond motifs is 1. The molecule has 1 amide bonds. The Bertz CT molecular complexity index is 391. The molecule has 1 aromatic carbocycles. The van der Waals surface area contributed by atoms with Crippen LogP contribution in [-0.4, -0.2) is 32.7 Å². The van der Waals surface area contributed by atoms with Crippen LogP contribution in [0.4, 0.5) is 0 Å². The van der Waals surface area contributed by atoms with E-state index in [2.05, 4.69) is 10.6 Å². The van der Waals surface area contributed by atoms with E-state index in [1.165, 1.54) is 0 Å². The maximum absolute atomic E-state index is 11.9. The number of amides is 1. The minimum absolute atomic E-state index is 0.0611. The van der Waals surface area contributed by atoms with Crippen molar-refractivity contribution in [1.82, 2.24) is 10.6 Å². The first-order valence-electron chi connectivity index (χ1n) is 5.50. The topological polar surface area (TPSA) is 50.4 Å². The molecule has 86 valence electrons. The average molecular weight is 220 g/mol. The van der Waals surface area contributed by atoms with Gasteiger partial charge in [0.1, 0.15) is 5.75 Å². The molecule has 0 saturated carbocycles. The number of carbonyl (C=O) groups excluding carboxylic acids is 1. The summed E-state index contributed by atoms with van der Waals surface area (Å²) >= 11 is 0. The molecular weight excluding hydrogens is 204 g/mol. The second kappa shape index (κ2) is 4.99. The van der Waals surface area contributed by atoms with Crippen LogP contribution in [0.15, 0.2) is 18.2 Å². The summed E-state index contributed by atoms with van der Waals surface area (Å²) in [6.45, 7) is 2.07. The van der Waals surface area contributed by atoms with Gasteiger partial charge in [0.25, 0.3) is 5.91 Å². The summed E-state index contributed by atoms with van der Waals surface area (Å²) in [6.07, 6.45) is 0.896. The van der Waals surface area contributed by atoms with Crippen LogP contribution in [0.5, 0.6) is 5.75 Å². The Morgan fingerprint density at radius 2 is 2.31 bits per heavy atom. The first-order valence-corrected chi connectivity index (χ1v) is 5.50. The number of hydrogen-bond donors (Lipinski definition) is 2. The second-order valence-electron chi connectivity index (χ2n) is 3.75.